The quantitative estimate of drug-likeness (QED) is 0.193. The molecular weight excluding hydrogens is 569 g/mol. The topological polar surface area (TPSA) is 63.8 Å². The van der Waals surface area contributed by atoms with Crippen molar-refractivity contribution < 1.29 is 5.11 Å². The molecule has 0 bridgehead atoms. The molecule has 7 aromatic rings. The number of fused-ring (bicyclic) bond motifs is 1. The van der Waals surface area contributed by atoms with E-state index in [-0.39, 0.29) is 5.75 Å². The van der Waals surface area contributed by atoms with Crippen molar-refractivity contribution in [3.05, 3.63) is 128 Å². The van der Waals surface area contributed by atoms with E-state index in [0.29, 0.717) is 11.4 Å². The van der Waals surface area contributed by atoms with Gasteiger partial charge >= 0.3 is 0 Å². The van der Waals surface area contributed by atoms with E-state index in [4.69, 9.17) is 9.97 Å². The molecule has 0 saturated carbocycles. The number of hydrogen-bond donors (Lipinski definition) is 1. The van der Waals surface area contributed by atoms with E-state index in [0.717, 1.165) is 44.5 Å². The molecule has 220 valence electrons. The third kappa shape index (κ3) is 5.34. The van der Waals surface area contributed by atoms with Gasteiger partial charge in [-0.15, -0.1) is 0 Å². The Labute approximate surface area is 264 Å². The first-order valence-electron chi connectivity index (χ1n) is 15.1. The van der Waals surface area contributed by atoms with Gasteiger partial charge in [-0.25, -0.2) is 4.98 Å². The van der Waals surface area contributed by atoms with Gasteiger partial charge in [-0.1, -0.05) is 92.4 Å². The van der Waals surface area contributed by atoms with Gasteiger partial charge in [0.1, 0.15) is 17.1 Å². The molecule has 3 heterocycles. The molecule has 45 heavy (non-hydrogen) atoms. The first-order valence-corrected chi connectivity index (χ1v) is 18.6. The van der Waals surface area contributed by atoms with Crippen LogP contribution in [-0.2, 0) is 7.05 Å². The molecule has 4 aromatic carbocycles. The standard InChI is InChI=1S/C39H34N4OSi/c1-43-35-24-40-23-33(38(35)42-39(43)31-17-11-12-18-36(31)44)29-19-28(26-13-7-5-8-14-26)20-30(21-29)34-22-32(27-15-9-6-10-16-27)37(25-41-34)45(2,3)4/h5-25,44H,1-4H3. The molecular formula is C39H34N4OSi. The van der Waals surface area contributed by atoms with Crippen molar-refractivity contribution in [1.29, 1.82) is 0 Å². The first kappa shape index (κ1) is 28.4. The Hall–Kier alpha value is -5.33. The van der Waals surface area contributed by atoms with Crippen molar-refractivity contribution in [3.8, 4) is 61.8 Å². The van der Waals surface area contributed by atoms with Gasteiger partial charge in [-0.3, -0.25) is 9.97 Å². The van der Waals surface area contributed by atoms with Crippen LogP contribution in [0.5, 0.6) is 5.75 Å². The SMILES string of the molecule is Cn1c(-c2ccccc2O)nc2c(-c3cc(-c4ccccc4)cc(-c4cc(-c5ccccc5)c([Si](C)(C)C)cn4)c3)cncc21. The Bertz CT molecular complexity index is 2170. The van der Waals surface area contributed by atoms with Crippen LogP contribution in [0.4, 0.5) is 0 Å². The predicted molar refractivity (Wildman–Crippen MR) is 188 cm³/mol. The molecule has 3 aromatic heterocycles. The van der Waals surface area contributed by atoms with Crippen LogP contribution >= 0.6 is 0 Å². The van der Waals surface area contributed by atoms with Crippen molar-refractivity contribution >= 4 is 24.3 Å². The van der Waals surface area contributed by atoms with Gasteiger partial charge in [-0.2, -0.15) is 0 Å². The number of imidazole rings is 1. The van der Waals surface area contributed by atoms with Crippen LogP contribution in [-0.4, -0.2) is 32.7 Å². The third-order valence-corrected chi connectivity index (χ3v) is 10.4. The van der Waals surface area contributed by atoms with Gasteiger partial charge in [0.15, 0.2) is 0 Å². The lowest BCUT2D eigenvalue weighted by Crippen LogP contribution is -2.39. The van der Waals surface area contributed by atoms with Crippen LogP contribution in [0.2, 0.25) is 19.6 Å². The third-order valence-electron chi connectivity index (χ3n) is 8.38. The first-order chi connectivity index (χ1) is 21.8. The van der Waals surface area contributed by atoms with Gasteiger partial charge in [0.2, 0.25) is 0 Å². The number of aromatic nitrogens is 4. The molecule has 1 N–H and O–H groups in total. The number of phenols is 1. The fraction of sp³-hybridized carbons (Fsp3) is 0.103. The van der Waals surface area contributed by atoms with Gasteiger partial charge in [0.25, 0.3) is 0 Å². The Morgan fingerprint density at radius 3 is 1.96 bits per heavy atom. The highest BCUT2D eigenvalue weighted by Gasteiger charge is 2.23. The van der Waals surface area contributed by atoms with Gasteiger partial charge in [-0.05, 0) is 69.4 Å². The average Bonchev–Trinajstić information content (AvgIpc) is 3.41. The number of aryl methyl sites for hydroxylation is 1. The van der Waals surface area contributed by atoms with Crippen molar-refractivity contribution in [1.82, 2.24) is 19.5 Å². The van der Waals surface area contributed by atoms with Gasteiger partial charge in [0.05, 0.1) is 31.0 Å². The number of pyridine rings is 2. The summed E-state index contributed by atoms with van der Waals surface area (Å²) in [5.41, 5.74) is 10.9. The summed E-state index contributed by atoms with van der Waals surface area (Å²) < 4.78 is 1.99. The zero-order valence-corrected chi connectivity index (χ0v) is 26.9. The maximum atomic E-state index is 10.6. The fourth-order valence-electron chi connectivity index (χ4n) is 6.01. The van der Waals surface area contributed by atoms with E-state index in [9.17, 15) is 5.11 Å². The molecule has 5 nitrogen and oxygen atoms in total. The highest BCUT2D eigenvalue weighted by molar-refractivity contribution is 6.89. The lowest BCUT2D eigenvalue weighted by molar-refractivity contribution is 0.476. The zero-order valence-electron chi connectivity index (χ0n) is 25.9. The maximum absolute atomic E-state index is 10.6. The molecule has 0 aliphatic heterocycles. The summed E-state index contributed by atoms with van der Waals surface area (Å²) in [5.74, 6) is 0.883. The number of benzene rings is 4. The van der Waals surface area contributed by atoms with E-state index in [1.165, 1.54) is 16.3 Å². The molecule has 0 aliphatic rings. The highest BCUT2D eigenvalue weighted by atomic mass is 28.3. The molecule has 0 radical (unpaired) electrons. The summed E-state index contributed by atoms with van der Waals surface area (Å²) in [7, 11) is 0.285. The molecule has 6 heteroatoms. The van der Waals surface area contributed by atoms with Crippen LogP contribution in [0.25, 0.3) is 67.1 Å². The lowest BCUT2D eigenvalue weighted by Gasteiger charge is -2.22. The number of phenolic OH excluding ortho intramolecular Hbond substituents is 1. The molecule has 0 saturated heterocycles. The number of nitrogens with zero attached hydrogens (tertiary/aromatic N) is 4. The summed E-state index contributed by atoms with van der Waals surface area (Å²) in [5, 5.41) is 12.0. The molecule has 0 atom stereocenters. The van der Waals surface area contributed by atoms with E-state index in [2.05, 4.69) is 110 Å². The second-order valence-electron chi connectivity index (χ2n) is 12.5. The van der Waals surface area contributed by atoms with Crippen LogP contribution in [0, 0.1) is 0 Å². The maximum Gasteiger partial charge on any atom is 0.144 e. The number of hydrogen-bond acceptors (Lipinski definition) is 4. The van der Waals surface area contributed by atoms with Crippen molar-refractivity contribution in [2.24, 2.45) is 7.05 Å². The summed E-state index contributed by atoms with van der Waals surface area (Å²) >= 11 is 0. The summed E-state index contributed by atoms with van der Waals surface area (Å²) in [4.78, 5) is 14.8. The summed E-state index contributed by atoms with van der Waals surface area (Å²) in [6.45, 7) is 7.11. The fourth-order valence-corrected chi connectivity index (χ4v) is 7.49. The minimum atomic E-state index is -1.68. The van der Waals surface area contributed by atoms with E-state index in [1.54, 1.807) is 6.07 Å². The van der Waals surface area contributed by atoms with Crippen LogP contribution in [0.15, 0.2) is 128 Å². The Morgan fingerprint density at radius 2 is 1.24 bits per heavy atom. The van der Waals surface area contributed by atoms with Crippen molar-refractivity contribution in [2.45, 2.75) is 19.6 Å². The largest absolute Gasteiger partial charge is 0.507 e. The second kappa shape index (κ2) is 11.3. The molecule has 0 unspecified atom stereocenters. The molecule has 0 spiro atoms. The van der Waals surface area contributed by atoms with E-state index >= 15 is 0 Å². The zero-order chi connectivity index (χ0) is 31.1. The smallest absolute Gasteiger partial charge is 0.144 e. The van der Waals surface area contributed by atoms with Gasteiger partial charge < -0.3 is 9.67 Å². The Kier molecular flexibility index (Phi) is 7.14. The summed E-state index contributed by atoms with van der Waals surface area (Å²) in [6.07, 6.45) is 5.81. The Morgan fingerprint density at radius 1 is 0.600 bits per heavy atom. The van der Waals surface area contributed by atoms with Crippen molar-refractivity contribution in [2.75, 3.05) is 0 Å². The predicted octanol–water partition coefficient (Wildman–Crippen LogP) is 8.95. The minimum absolute atomic E-state index is 0.195. The molecule has 0 aliphatic carbocycles. The number of aromatic hydroxyl groups is 1. The molecule has 7 rings (SSSR count). The van der Waals surface area contributed by atoms with Crippen LogP contribution in [0.1, 0.15) is 0 Å². The van der Waals surface area contributed by atoms with Crippen LogP contribution in [0.3, 0.4) is 0 Å². The van der Waals surface area contributed by atoms with E-state index in [1.807, 2.05) is 48.3 Å². The number of para-hydroxylation sites is 1. The van der Waals surface area contributed by atoms with Crippen molar-refractivity contribution in [3.63, 3.8) is 0 Å². The van der Waals surface area contributed by atoms with Crippen LogP contribution < -0.4 is 5.19 Å². The normalized spacial score (nSPS) is 11.6. The van der Waals surface area contributed by atoms with E-state index < -0.39 is 8.07 Å². The second-order valence-corrected chi connectivity index (χ2v) is 17.5. The lowest BCUT2D eigenvalue weighted by atomic mass is 9.94. The summed E-state index contributed by atoms with van der Waals surface area (Å²) in [6, 6.07) is 37.3. The Balaban J connectivity index is 1.46. The van der Waals surface area contributed by atoms with Gasteiger partial charge in [0, 0.05) is 30.6 Å². The number of rotatable bonds is 6. The minimum Gasteiger partial charge on any atom is -0.507 e. The monoisotopic (exact) mass is 602 g/mol. The molecule has 0 amide bonds. The average molecular weight is 603 g/mol. The highest BCUT2D eigenvalue weighted by Crippen LogP contribution is 2.38. The molecule has 0 fully saturated rings.